The van der Waals surface area contributed by atoms with Gasteiger partial charge >= 0.3 is 0 Å². The van der Waals surface area contributed by atoms with E-state index in [-0.39, 0.29) is 101 Å². The minimum Gasteiger partial charge on any atom is -0.461 e. The van der Waals surface area contributed by atoms with E-state index >= 15 is 0 Å². The van der Waals surface area contributed by atoms with E-state index in [1.807, 2.05) is 162 Å². The fraction of sp³-hybridized carbons (Fsp3) is 0.162. The summed E-state index contributed by atoms with van der Waals surface area (Å²) in [5, 5.41) is 42.9. The van der Waals surface area contributed by atoms with E-state index in [9.17, 15) is 0 Å². The van der Waals surface area contributed by atoms with Crippen LogP contribution in [0.3, 0.4) is 0 Å². The van der Waals surface area contributed by atoms with Crippen molar-refractivity contribution in [3.8, 4) is 119 Å². The van der Waals surface area contributed by atoms with Gasteiger partial charge in [0.25, 0.3) is 0 Å². The van der Waals surface area contributed by atoms with Crippen molar-refractivity contribution in [3.05, 3.63) is 372 Å². The maximum Gasteiger partial charge on any atom is 0.180 e. The van der Waals surface area contributed by atoms with Gasteiger partial charge in [-0.3, -0.25) is 24.9 Å². The Labute approximate surface area is 882 Å². The van der Waals surface area contributed by atoms with Crippen molar-refractivity contribution in [2.75, 3.05) is 0 Å². The quantitative estimate of drug-likeness (QED) is 0.0862. The molecular formula is C111H93Ir5N20O5-5. The van der Waals surface area contributed by atoms with Gasteiger partial charge in [-0.05, 0) is 139 Å². The molecule has 141 heavy (non-hydrogen) atoms. The van der Waals surface area contributed by atoms with Crippen LogP contribution in [0.2, 0.25) is 0 Å². The zero-order chi connectivity index (χ0) is 94.1. The Morgan fingerprint density at radius 2 is 0.489 bits per heavy atom. The minimum atomic E-state index is 0. The van der Waals surface area contributed by atoms with Crippen LogP contribution in [0.5, 0.6) is 0 Å². The summed E-state index contributed by atoms with van der Waals surface area (Å²) in [7, 11) is 0. The molecule has 23 aromatic rings. The number of para-hydroxylation sites is 3. The summed E-state index contributed by atoms with van der Waals surface area (Å²) in [6, 6.07) is 93.7. The van der Waals surface area contributed by atoms with Crippen LogP contribution in [0, 0.1) is 113 Å². The van der Waals surface area contributed by atoms with Crippen LogP contribution in [0.15, 0.2) is 284 Å². The van der Waals surface area contributed by atoms with Crippen LogP contribution in [-0.2, 0) is 101 Å². The maximum absolute atomic E-state index is 5.75. The van der Waals surface area contributed by atoms with Crippen LogP contribution in [-0.4, -0.2) is 98.7 Å². The number of hydrogen-bond acceptors (Lipinski definition) is 20. The van der Waals surface area contributed by atoms with Gasteiger partial charge in [0.05, 0.1) is 62.7 Å². The van der Waals surface area contributed by atoms with E-state index in [4.69, 9.17) is 22.1 Å². The first-order valence-corrected chi connectivity index (χ1v) is 44.7. The topological polar surface area (TPSA) is 284 Å². The third-order valence-electron chi connectivity index (χ3n) is 23.6. The fourth-order valence-corrected chi connectivity index (χ4v) is 17.9. The van der Waals surface area contributed by atoms with Crippen molar-refractivity contribution in [1.82, 2.24) is 98.7 Å². The molecule has 0 bridgehead atoms. The molecule has 0 aliphatic carbocycles. The molecule has 0 saturated carbocycles. The van der Waals surface area contributed by atoms with Crippen molar-refractivity contribution in [2.45, 2.75) is 123 Å². The SMILES string of the molecule is Cc1cc(C)c(-n2cnnc2-c2[c-]ccc3oc(C)nc23)c(C)c1.Cc1nc2c(-c3nncn3-c3c(-c4ccccc4)cccc3-c3ccccc3)[c-]ccc2o1.Cc1nc2c(-c3nncn3-c3c(C(C)C)cccc3C(C)C)[c-]ccc2o1.Cc1nc2c(-c3nncn3-c3c(C)cc(-c4ccccc4)cc3C)[c-]ccc2o1.Cc1nc2c(-c3nncn3-c3c(C)cccc3C)[c-]ccc2o1.[Ir].[Ir].[Ir].[Ir].[Ir]. The van der Waals surface area contributed by atoms with Gasteiger partial charge in [0, 0.05) is 197 Å². The molecular weight excluding hydrogens is 2650 g/mol. The van der Waals surface area contributed by atoms with Crippen molar-refractivity contribution in [2.24, 2.45) is 0 Å². The molecule has 0 N–H and O–H groups in total. The molecule has 0 aliphatic heterocycles. The summed E-state index contributed by atoms with van der Waals surface area (Å²) >= 11 is 0. The number of aryl methyl sites for hydroxylation is 12. The van der Waals surface area contributed by atoms with E-state index < -0.39 is 0 Å². The zero-order valence-corrected chi connectivity index (χ0v) is 91.6. The number of hydrogen-bond donors (Lipinski definition) is 0. The first-order valence-electron chi connectivity index (χ1n) is 44.7. The number of benzene rings is 13. The predicted octanol–water partition coefficient (Wildman–Crippen LogP) is 25.3. The zero-order valence-electron chi connectivity index (χ0n) is 79.6. The second kappa shape index (κ2) is 44.7. The molecule has 0 amide bonds. The standard InChI is InChI=1S/C28H19N4O.C24H19N4O.C22H23N4O.C19H17N4O.C18H15N4O.5Ir/c1-19-30-26-24(16-9-17-25(26)33-19)28-31-29-18-32(28)27-22(20-10-4-2-5-11-20)14-8-15-23(27)21-12-6-3-7-13-21;1-15-12-19(18-8-5-4-6-9-18)13-16(2)23(15)28-14-25-27-24(28)20-10-7-11-21-22(20)26-17(3)29-21;1-13(2)16-8-6-9-17(14(3)4)21(16)26-12-23-25-22(26)18-10-7-11-19-20(18)24-15(5)27-19;1-11-8-12(2)18(13(3)9-11)23-10-20-22-19(23)15-6-5-7-16-17(15)21-14(4)24-16;1-11-6-4-7-12(2)17(11)22-10-19-21-18(22)14-8-5-9-15-16(14)20-13(3)23-15;;;;;/h2-15,17-18H,1H3;4-9,11-14H,1-3H3;6-9,11-14H,1-5H3;5,7-10H,1-4H3;4-7,9-10H,1-3H3;;;;;/q5*-1;;;;;. The van der Waals surface area contributed by atoms with Gasteiger partial charge < -0.3 is 44.9 Å². The van der Waals surface area contributed by atoms with E-state index in [2.05, 4.69) is 308 Å². The van der Waals surface area contributed by atoms with Crippen molar-refractivity contribution in [1.29, 1.82) is 0 Å². The second-order valence-corrected chi connectivity index (χ2v) is 34.0. The van der Waals surface area contributed by atoms with Crippen LogP contribution < -0.4 is 0 Å². The molecule has 0 spiro atoms. The van der Waals surface area contributed by atoms with Crippen LogP contribution >= 0.6 is 0 Å². The molecule has 23 rings (SSSR count). The molecule has 0 fully saturated rings. The Balaban J connectivity index is 0.000000140. The summed E-state index contributed by atoms with van der Waals surface area (Å²) < 4.78 is 38.4. The number of oxazole rings is 5. The van der Waals surface area contributed by atoms with E-state index in [1.165, 1.54) is 38.9 Å². The number of fused-ring (bicyclic) bond motifs is 5. The van der Waals surface area contributed by atoms with E-state index in [0.29, 0.717) is 70.2 Å². The average molecular weight is 2750 g/mol. The Bertz CT molecular complexity index is 8180. The van der Waals surface area contributed by atoms with Gasteiger partial charge in [-0.25, -0.2) is 0 Å². The summed E-state index contributed by atoms with van der Waals surface area (Å²) in [4.78, 5) is 22.6. The van der Waals surface area contributed by atoms with Crippen LogP contribution in [0.25, 0.3) is 174 Å². The van der Waals surface area contributed by atoms with Crippen LogP contribution in [0.1, 0.15) is 119 Å². The fourth-order valence-electron chi connectivity index (χ4n) is 17.9. The second-order valence-electron chi connectivity index (χ2n) is 34.0. The molecule has 0 aliphatic rings. The van der Waals surface area contributed by atoms with Gasteiger partial charge in [-0.2, -0.15) is 25.5 Å². The van der Waals surface area contributed by atoms with Gasteiger partial charge in [0.2, 0.25) is 0 Å². The number of nitrogens with zero attached hydrogens (tertiary/aromatic N) is 20. The summed E-state index contributed by atoms with van der Waals surface area (Å²) in [5.41, 5.74) is 34.2. The Hall–Kier alpha value is -13.8. The van der Waals surface area contributed by atoms with Crippen molar-refractivity contribution >= 4 is 55.5 Å². The molecule has 25 nitrogen and oxygen atoms in total. The number of rotatable bonds is 15. The molecule has 0 saturated heterocycles. The molecule has 10 aromatic heterocycles. The largest absolute Gasteiger partial charge is 0.461 e. The summed E-state index contributed by atoms with van der Waals surface area (Å²) in [6.45, 7) is 32.7. The molecule has 717 valence electrons. The Morgan fingerprint density at radius 1 is 0.241 bits per heavy atom. The van der Waals surface area contributed by atoms with Gasteiger partial charge in [-0.15, -0.1) is 86.2 Å². The molecule has 13 aromatic carbocycles. The van der Waals surface area contributed by atoms with Crippen LogP contribution in [0.4, 0.5) is 0 Å². The first kappa shape index (κ1) is 103. The summed E-state index contributed by atoms with van der Waals surface area (Å²) in [5.74, 6) is 7.36. The first-order chi connectivity index (χ1) is 66.1. The third kappa shape index (κ3) is 21.0. The van der Waals surface area contributed by atoms with E-state index in [0.717, 1.165) is 157 Å². The van der Waals surface area contributed by atoms with Crippen molar-refractivity contribution in [3.63, 3.8) is 0 Å². The molecule has 5 radical (unpaired) electrons. The predicted molar refractivity (Wildman–Crippen MR) is 527 cm³/mol. The van der Waals surface area contributed by atoms with Gasteiger partial charge in [-0.1, -0.05) is 249 Å². The van der Waals surface area contributed by atoms with Gasteiger partial charge in [0.1, 0.15) is 31.6 Å². The average Bonchev–Trinajstić information content (AvgIpc) is 1.59. The Morgan fingerprint density at radius 3 is 0.780 bits per heavy atom. The summed E-state index contributed by atoms with van der Waals surface area (Å²) in [6.07, 6.45) is 8.74. The Kier molecular flexibility index (Phi) is 32.7. The third-order valence-corrected chi connectivity index (χ3v) is 23.6. The molecule has 0 unspecified atom stereocenters. The molecule has 30 heteroatoms. The minimum absolute atomic E-state index is 0. The number of aromatic nitrogens is 20. The molecule has 0 atom stereocenters. The molecule has 10 heterocycles. The van der Waals surface area contributed by atoms with Crippen molar-refractivity contribution < 1.29 is 123 Å². The maximum atomic E-state index is 5.75. The normalized spacial score (nSPS) is 11.0. The van der Waals surface area contributed by atoms with Gasteiger partial charge in [0.15, 0.2) is 29.5 Å². The smallest absolute Gasteiger partial charge is 0.180 e. The van der Waals surface area contributed by atoms with E-state index in [1.54, 1.807) is 31.6 Å². The monoisotopic (exact) mass is 2750 g/mol.